The molecule has 3 fully saturated rings. The fourth-order valence-electron chi connectivity index (χ4n) is 4.88. The van der Waals surface area contributed by atoms with Crippen molar-refractivity contribution in [1.82, 2.24) is 10.2 Å². The first-order chi connectivity index (χ1) is 9.22. The van der Waals surface area contributed by atoms with Crippen LogP contribution in [0.2, 0.25) is 0 Å². The lowest BCUT2D eigenvalue weighted by molar-refractivity contribution is 0.0190. The van der Waals surface area contributed by atoms with Crippen LogP contribution in [0.1, 0.15) is 71.6 Å². The Bertz CT molecular complexity index is 296. The minimum absolute atomic E-state index is 0.492. The van der Waals surface area contributed by atoms with Gasteiger partial charge >= 0.3 is 0 Å². The van der Waals surface area contributed by atoms with Gasteiger partial charge in [-0.05, 0) is 38.0 Å². The molecule has 0 aromatic heterocycles. The van der Waals surface area contributed by atoms with E-state index in [1.165, 1.54) is 70.9 Å². The number of hydrogen-bond donors (Lipinski definition) is 1. The Morgan fingerprint density at radius 3 is 2.63 bits per heavy atom. The highest BCUT2D eigenvalue weighted by Gasteiger charge is 2.43. The minimum Gasteiger partial charge on any atom is -0.308 e. The van der Waals surface area contributed by atoms with Crippen molar-refractivity contribution in [1.29, 1.82) is 0 Å². The van der Waals surface area contributed by atoms with E-state index >= 15 is 0 Å². The Hall–Kier alpha value is -0.0800. The molecule has 3 aliphatic rings. The summed E-state index contributed by atoms with van der Waals surface area (Å²) in [6.07, 6.45) is 12.9. The summed E-state index contributed by atoms with van der Waals surface area (Å²) in [4.78, 5) is 2.93. The van der Waals surface area contributed by atoms with Crippen LogP contribution in [0.4, 0.5) is 0 Å². The molecule has 19 heavy (non-hydrogen) atoms. The van der Waals surface area contributed by atoms with Gasteiger partial charge in [0.15, 0.2) is 0 Å². The molecule has 0 bridgehead atoms. The van der Waals surface area contributed by atoms with Crippen LogP contribution >= 0.6 is 0 Å². The average Bonchev–Trinajstić information content (AvgIpc) is 2.87. The predicted molar refractivity (Wildman–Crippen MR) is 81.4 cm³/mol. The maximum absolute atomic E-state index is 3.93. The first-order valence-electron chi connectivity index (χ1n) is 8.73. The van der Waals surface area contributed by atoms with Gasteiger partial charge in [-0.25, -0.2) is 0 Å². The number of piperazine rings is 1. The monoisotopic (exact) mass is 264 g/mol. The fourth-order valence-corrected chi connectivity index (χ4v) is 4.88. The van der Waals surface area contributed by atoms with Crippen molar-refractivity contribution in [2.24, 2.45) is 5.92 Å². The molecule has 3 atom stereocenters. The van der Waals surface area contributed by atoms with Crippen LogP contribution in [-0.4, -0.2) is 35.6 Å². The molecule has 1 spiro atoms. The number of nitrogens with one attached hydrogen (secondary N) is 1. The van der Waals surface area contributed by atoms with E-state index in [4.69, 9.17) is 0 Å². The highest BCUT2D eigenvalue weighted by Crippen LogP contribution is 2.37. The highest BCUT2D eigenvalue weighted by molar-refractivity contribution is 5.02. The fraction of sp³-hybridized carbons (Fsp3) is 1.00. The zero-order chi connectivity index (χ0) is 13.3. The summed E-state index contributed by atoms with van der Waals surface area (Å²) < 4.78 is 0. The quantitative estimate of drug-likeness (QED) is 0.820. The van der Waals surface area contributed by atoms with Crippen molar-refractivity contribution in [2.75, 3.05) is 13.1 Å². The lowest BCUT2D eigenvalue weighted by Gasteiger charge is -2.51. The van der Waals surface area contributed by atoms with Crippen LogP contribution < -0.4 is 5.32 Å². The summed E-state index contributed by atoms with van der Waals surface area (Å²) in [5, 5.41) is 3.93. The largest absolute Gasteiger partial charge is 0.308 e. The van der Waals surface area contributed by atoms with Gasteiger partial charge in [0.2, 0.25) is 0 Å². The van der Waals surface area contributed by atoms with E-state index in [0.29, 0.717) is 5.54 Å². The summed E-state index contributed by atoms with van der Waals surface area (Å²) >= 11 is 0. The molecule has 0 aromatic rings. The first-order valence-corrected chi connectivity index (χ1v) is 8.73. The van der Waals surface area contributed by atoms with Crippen molar-refractivity contribution < 1.29 is 0 Å². The lowest BCUT2D eigenvalue weighted by atomic mass is 9.83. The molecule has 110 valence electrons. The summed E-state index contributed by atoms with van der Waals surface area (Å²) in [7, 11) is 0. The Morgan fingerprint density at radius 1 is 1.16 bits per heavy atom. The second kappa shape index (κ2) is 5.73. The van der Waals surface area contributed by atoms with E-state index in [9.17, 15) is 0 Å². The van der Waals surface area contributed by atoms with Gasteiger partial charge in [0, 0.05) is 30.7 Å². The maximum Gasteiger partial charge on any atom is 0.0309 e. The van der Waals surface area contributed by atoms with Gasteiger partial charge in [-0.2, -0.15) is 0 Å². The van der Waals surface area contributed by atoms with E-state index in [1.54, 1.807) is 0 Å². The molecule has 2 nitrogen and oxygen atoms in total. The first kappa shape index (κ1) is 13.9. The SMILES string of the molecule is CCC1CNC2(CCCC2)CN1C1CCCC(C)C1. The van der Waals surface area contributed by atoms with E-state index in [1.807, 2.05) is 0 Å². The van der Waals surface area contributed by atoms with Gasteiger partial charge in [-0.3, -0.25) is 4.90 Å². The molecule has 0 amide bonds. The molecule has 1 heterocycles. The lowest BCUT2D eigenvalue weighted by Crippen LogP contribution is -2.65. The highest BCUT2D eigenvalue weighted by atomic mass is 15.3. The average molecular weight is 264 g/mol. The molecule has 2 aliphatic carbocycles. The van der Waals surface area contributed by atoms with Crippen LogP contribution in [0.25, 0.3) is 0 Å². The molecule has 3 rings (SSSR count). The third-order valence-corrected chi connectivity index (χ3v) is 6.08. The summed E-state index contributed by atoms with van der Waals surface area (Å²) in [6.45, 7) is 7.41. The van der Waals surface area contributed by atoms with Crippen molar-refractivity contribution in [2.45, 2.75) is 89.3 Å². The van der Waals surface area contributed by atoms with Gasteiger partial charge in [0.05, 0.1) is 0 Å². The van der Waals surface area contributed by atoms with Crippen molar-refractivity contribution in [3.63, 3.8) is 0 Å². The van der Waals surface area contributed by atoms with Gasteiger partial charge in [-0.1, -0.05) is 39.5 Å². The molecule has 1 saturated heterocycles. The van der Waals surface area contributed by atoms with Crippen molar-refractivity contribution in [3.05, 3.63) is 0 Å². The second-order valence-corrected chi connectivity index (χ2v) is 7.53. The molecule has 3 unspecified atom stereocenters. The summed E-state index contributed by atoms with van der Waals surface area (Å²) in [5.41, 5.74) is 0.492. The number of nitrogens with zero attached hydrogens (tertiary/aromatic N) is 1. The number of hydrogen-bond acceptors (Lipinski definition) is 2. The Morgan fingerprint density at radius 2 is 1.95 bits per heavy atom. The zero-order valence-corrected chi connectivity index (χ0v) is 13.0. The Kier molecular flexibility index (Phi) is 4.19. The molecular formula is C17H32N2. The van der Waals surface area contributed by atoms with Crippen LogP contribution in [0.3, 0.4) is 0 Å². The van der Waals surface area contributed by atoms with E-state index in [-0.39, 0.29) is 0 Å². The molecule has 1 aliphatic heterocycles. The Labute approximate surface area is 119 Å². The third kappa shape index (κ3) is 2.85. The molecular weight excluding hydrogens is 232 g/mol. The smallest absolute Gasteiger partial charge is 0.0309 e. The van der Waals surface area contributed by atoms with Gasteiger partial charge in [0.1, 0.15) is 0 Å². The maximum atomic E-state index is 3.93. The Balaban J connectivity index is 1.71. The number of rotatable bonds is 2. The molecule has 2 saturated carbocycles. The topological polar surface area (TPSA) is 15.3 Å². The molecule has 1 N–H and O–H groups in total. The van der Waals surface area contributed by atoms with E-state index < -0.39 is 0 Å². The summed E-state index contributed by atoms with van der Waals surface area (Å²) in [6, 6.07) is 1.68. The van der Waals surface area contributed by atoms with Gasteiger partial charge < -0.3 is 5.32 Å². The summed E-state index contributed by atoms with van der Waals surface area (Å²) in [5.74, 6) is 0.950. The molecule has 2 heteroatoms. The van der Waals surface area contributed by atoms with Crippen LogP contribution in [-0.2, 0) is 0 Å². The second-order valence-electron chi connectivity index (χ2n) is 7.53. The van der Waals surface area contributed by atoms with Crippen LogP contribution in [0.15, 0.2) is 0 Å². The van der Waals surface area contributed by atoms with Crippen LogP contribution in [0.5, 0.6) is 0 Å². The molecule has 0 aromatic carbocycles. The standard InChI is InChI=1S/C17H32N2/c1-3-15-12-18-17(9-4-5-10-17)13-19(15)16-8-6-7-14(2)11-16/h14-16,18H,3-13H2,1-2H3. The normalized spacial score (nSPS) is 39.8. The van der Waals surface area contributed by atoms with Gasteiger partial charge in [0.25, 0.3) is 0 Å². The van der Waals surface area contributed by atoms with Crippen molar-refractivity contribution in [3.8, 4) is 0 Å². The van der Waals surface area contributed by atoms with E-state index in [0.717, 1.165) is 18.0 Å². The molecule has 0 radical (unpaired) electrons. The zero-order valence-electron chi connectivity index (χ0n) is 13.0. The van der Waals surface area contributed by atoms with Gasteiger partial charge in [-0.15, -0.1) is 0 Å². The van der Waals surface area contributed by atoms with Crippen LogP contribution in [0, 0.1) is 5.92 Å². The minimum atomic E-state index is 0.492. The van der Waals surface area contributed by atoms with E-state index in [2.05, 4.69) is 24.1 Å². The third-order valence-electron chi connectivity index (χ3n) is 6.08. The predicted octanol–water partition coefficient (Wildman–Crippen LogP) is 3.56. The van der Waals surface area contributed by atoms with Crippen molar-refractivity contribution >= 4 is 0 Å².